The first kappa shape index (κ1) is 22.8. The van der Waals surface area contributed by atoms with Crippen molar-refractivity contribution in [1.29, 1.82) is 0 Å². The molecule has 31 heavy (non-hydrogen) atoms. The van der Waals surface area contributed by atoms with E-state index in [1.54, 1.807) is 19.1 Å². The fourth-order valence-corrected chi connectivity index (χ4v) is 3.67. The van der Waals surface area contributed by atoms with Crippen molar-refractivity contribution < 1.29 is 18.7 Å². The molecule has 1 heterocycles. The van der Waals surface area contributed by atoms with Gasteiger partial charge in [0, 0.05) is 24.3 Å². The molecule has 2 aromatic carbocycles. The lowest BCUT2D eigenvalue weighted by molar-refractivity contribution is -0.119. The highest BCUT2D eigenvalue weighted by Gasteiger charge is 2.23. The number of carbonyl (C=O) groups excluding carboxylic acids is 2. The van der Waals surface area contributed by atoms with Gasteiger partial charge >= 0.3 is 5.97 Å². The van der Waals surface area contributed by atoms with E-state index in [9.17, 15) is 9.59 Å². The summed E-state index contributed by atoms with van der Waals surface area (Å²) < 4.78 is 10.6. The molecule has 5 nitrogen and oxygen atoms in total. The van der Waals surface area contributed by atoms with Gasteiger partial charge in [-0.05, 0) is 49.4 Å². The van der Waals surface area contributed by atoms with Gasteiger partial charge in [-0.3, -0.25) is 4.79 Å². The van der Waals surface area contributed by atoms with Crippen molar-refractivity contribution in [2.45, 2.75) is 39.5 Å². The standard InChI is InChI=1S/C25H26ClNO4/c1-3-30-25(29)24-23(31-16-27-24)15-20(12-18-6-4-17(2)5-7-18)14-22(28)13-19-8-10-21(26)11-9-19/h4-11,16,20H,3,12-15H2,1-2H3/t20-/m1/s1. The van der Waals surface area contributed by atoms with E-state index in [-0.39, 0.29) is 24.0 Å². The fraction of sp³-hybridized carbons (Fsp3) is 0.320. The molecular weight excluding hydrogens is 414 g/mol. The van der Waals surface area contributed by atoms with Gasteiger partial charge in [-0.15, -0.1) is 0 Å². The zero-order valence-electron chi connectivity index (χ0n) is 17.8. The number of carbonyl (C=O) groups is 2. The first-order valence-electron chi connectivity index (χ1n) is 10.4. The van der Waals surface area contributed by atoms with Crippen LogP contribution in [0.15, 0.2) is 59.3 Å². The Kier molecular flexibility index (Phi) is 8.01. The monoisotopic (exact) mass is 439 g/mol. The third kappa shape index (κ3) is 6.79. The van der Waals surface area contributed by atoms with Crippen molar-refractivity contribution in [3.63, 3.8) is 0 Å². The predicted molar refractivity (Wildman–Crippen MR) is 119 cm³/mol. The zero-order chi connectivity index (χ0) is 22.2. The highest BCUT2D eigenvalue weighted by atomic mass is 35.5. The zero-order valence-corrected chi connectivity index (χ0v) is 18.5. The molecule has 0 aliphatic carbocycles. The second-order valence-electron chi connectivity index (χ2n) is 7.65. The first-order chi connectivity index (χ1) is 14.9. The van der Waals surface area contributed by atoms with Gasteiger partial charge in [0.2, 0.25) is 0 Å². The minimum atomic E-state index is -0.507. The van der Waals surface area contributed by atoms with E-state index in [2.05, 4.69) is 29.2 Å². The number of ether oxygens (including phenoxy) is 1. The van der Waals surface area contributed by atoms with Crippen LogP contribution in [0.25, 0.3) is 0 Å². The number of halogens is 1. The molecule has 0 aliphatic rings. The molecule has 3 aromatic rings. The molecule has 0 fully saturated rings. The summed E-state index contributed by atoms with van der Waals surface area (Å²) in [5.41, 5.74) is 3.42. The number of esters is 1. The highest BCUT2D eigenvalue weighted by Crippen LogP contribution is 2.22. The number of Topliss-reactive ketones (excluding diaryl/α,β-unsaturated/α-hetero) is 1. The summed E-state index contributed by atoms with van der Waals surface area (Å²) in [5, 5.41) is 0.644. The van der Waals surface area contributed by atoms with E-state index in [0.29, 0.717) is 36.5 Å². The van der Waals surface area contributed by atoms with Gasteiger partial charge in [-0.25, -0.2) is 9.78 Å². The molecule has 0 saturated heterocycles. The summed E-state index contributed by atoms with van der Waals surface area (Å²) in [6.45, 7) is 4.04. The van der Waals surface area contributed by atoms with Crippen LogP contribution in [0.4, 0.5) is 0 Å². The van der Waals surface area contributed by atoms with Gasteiger partial charge in [0.05, 0.1) is 6.61 Å². The lowest BCUT2D eigenvalue weighted by Gasteiger charge is -2.16. The van der Waals surface area contributed by atoms with Crippen molar-refractivity contribution >= 4 is 23.4 Å². The average molecular weight is 440 g/mol. The summed E-state index contributed by atoms with van der Waals surface area (Å²) in [6, 6.07) is 15.6. The van der Waals surface area contributed by atoms with E-state index in [1.807, 2.05) is 19.1 Å². The number of nitrogens with zero attached hydrogens (tertiary/aromatic N) is 1. The molecule has 3 rings (SSSR count). The minimum Gasteiger partial charge on any atom is -0.461 e. The van der Waals surface area contributed by atoms with Gasteiger partial charge in [0.15, 0.2) is 12.1 Å². The molecule has 0 radical (unpaired) electrons. The minimum absolute atomic E-state index is 0.0383. The van der Waals surface area contributed by atoms with Gasteiger partial charge in [-0.2, -0.15) is 0 Å². The van der Waals surface area contributed by atoms with E-state index in [4.69, 9.17) is 20.8 Å². The van der Waals surface area contributed by atoms with Crippen molar-refractivity contribution in [3.05, 3.63) is 88.1 Å². The Morgan fingerprint density at radius 3 is 2.39 bits per heavy atom. The van der Waals surface area contributed by atoms with Crippen LogP contribution in [0.5, 0.6) is 0 Å². The Bertz CT molecular complexity index is 1010. The summed E-state index contributed by atoms with van der Waals surface area (Å²) in [4.78, 5) is 29.0. The number of aromatic nitrogens is 1. The highest BCUT2D eigenvalue weighted by molar-refractivity contribution is 6.30. The van der Waals surface area contributed by atoms with Crippen LogP contribution in [-0.4, -0.2) is 23.3 Å². The van der Waals surface area contributed by atoms with Crippen molar-refractivity contribution in [3.8, 4) is 0 Å². The second kappa shape index (κ2) is 10.9. The number of aryl methyl sites for hydroxylation is 1. The Balaban J connectivity index is 1.75. The first-order valence-corrected chi connectivity index (χ1v) is 10.7. The van der Waals surface area contributed by atoms with E-state index in [0.717, 1.165) is 11.1 Å². The molecule has 0 unspecified atom stereocenters. The molecule has 0 spiro atoms. The third-order valence-electron chi connectivity index (χ3n) is 5.06. The van der Waals surface area contributed by atoms with Crippen molar-refractivity contribution in [2.75, 3.05) is 6.61 Å². The van der Waals surface area contributed by atoms with E-state index >= 15 is 0 Å². The number of rotatable bonds is 10. The second-order valence-corrected chi connectivity index (χ2v) is 8.09. The summed E-state index contributed by atoms with van der Waals surface area (Å²) in [6.07, 6.45) is 3.06. The smallest absolute Gasteiger partial charge is 0.360 e. The maximum absolute atomic E-state index is 12.8. The molecule has 1 aromatic heterocycles. The Labute approximate surface area is 187 Å². The van der Waals surface area contributed by atoms with Crippen molar-refractivity contribution in [1.82, 2.24) is 4.98 Å². The molecule has 6 heteroatoms. The third-order valence-corrected chi connectivity index (χ3v) is 5.31. The Hall–Kier alpha value is -2.92. The van der Waals surface area contributed by atoms with E-state index < -0.39 is 5.97 Å². The normalized spacial score (nSPS) is 11.8. The maximum atomic E-state index is 12.8. The number of hydrogen-bond donors (Lipinski definition) is 0. The van der Waals surface area contributed by atoms with Crippen LogP contribution in [0.3, 0.4) is 0 Å². The Morgan fingerprint density at radius 2 is 1.71 bits per heavy atom. The fourth-order valence-electron chi connectivity index (χ4n) is 3.54. The van der Waals surface area contributed by atoms with Gasteiger partial charge in [-0.1, -0.05) is 53.6 Å². The molecule has 0 bridgehead atoms. The van der Waals surface area contributed by atoms with E-state index in [1.165, 1.54) is 12.0 Å². The average Bonchev–Trinajstić information content (AvgIpc) is 3.20. The number of oxazole rings is 1. The topological polar surface area (TPSA) is 69.4 Å². The number of benzene rings is 2. The van der Waals surface area contributed by atoms with Crippen LogP contribution in [0.2, 0.25) is 5.02 Å². The lowest BCUT2D eigenvalue weighted by atomic mass is 9.88. The predicted octanol–water partition coefficient (Wildman–Crippen LogP) is 5.42. The maximum Gasteiger partial charge on any atom is 0.360 e. The number of hydrogen-bond acceptors (Lipinski definition) is 5. The van der Waals surface area contributed by atoms with Crippen molar-refractivity contribution in [2.24, 2.45) is 5.92 Å². The number of ketones is 1. The largest absolute Gasteiger partial charge is 0.461 e. The lowest BCUT2D eigenvalue weighted by Crippen LogP contribution is -2.17. The summed E-state index contributed by atoms with van der Waals surface area (Å²) in [5.74, 6) is 0.0305. The summed E-state index contributed by atoms with van der Waals surface area (Å²) >= 11 is 5.94. The molecule has 162 valence electrons. The van der Waals surface area contributed by atoms with Crippen LogP contribution in [-0.2, 0) is 28.8 Å². The SMILES string of the molecule is CCOC(=O)c1ncoc1C[C@@H](CC(=O)Cc1ccc(Cl)cc1)Cc1ccc(C)cc1. The molecule has 0 N–H and O–H groups in total. The molecule has 0 saturated carbocycles. The quantitative estimate of drug-likeness (QED) is 0.395. The molecule has 0 aliphatic heterocycles. The van der Waals surface area contributed by atoms with Gasteiger partial charge in [0.25, 0.3) is 0 Å². The summed E-state index contributed by atoms with van der Waals surface area (Å²) in [7, 11) is 0. The van der Waals surface area contributed by atoms with Crippen LogP contribution >= 0.6 is 11.6 Å². The van der Waals surface area contributed by atoms with Crippen LogP contribution in [0.1, 0.15) is 46.3 Å². The molecular formula is C25H26ClNO4. The Morgan fingerprint density at radius 1 is 1.03 bits per heavy atom. The molecule has 0 amide bonds. The van der Waals surface area contributed by atoms with Crippen LogP contribution < -0.4 is 0 Å². The van der Waals surface area contributed by atoms with Gasteiger partial charge < -0.3 is 9.15 Å². The van der Waals surface area contributed by atoms with Gasteiger partial charge in [0.1, 0.15) is 11.5 Å². The van der Waals surface area contributed by atoms with Crippen LogP contribution in [0, 0.1) is 12.8 Å². The molecule has 1 atom stereocenters.